The minimum absolute atomic E-state index is 0.122. The van der Waals surface area contributed by atoms with E-state index in [1.165, 1.54) is 12.1 Å². The van der Waals surface area contributed by atoms with Crippen molar-refractivity contribution in [3.63, 3.8) is 0 Å². The van der Waals surface area contributed by atoms with E-state index in [1.807, 2.05) is 18.4 Å². The number of hydrogen-bond donors (Lipinski definition) is 2. The summed E-state index contributed by atoms with van der Waals surface area (Å²) in [6, 6.07) is 11.6. The predicted octanol–water partition coefficient (Wildman–Crippen LogP) is 3.84. The van der Waals surface area contributed by atoms with Crippen LogP contribution in [-0.2, 0) is 22.6 Å². The lowest BCUT2D eigenvalue weighted by atomic mass is 10.1. The van der Waals surface area contributed by atoms with E-state index < -0.39 is 0 Å². The molecule has 0 atom stereocenters. The quantitative estimate of drug-likeness (QED) is 0.302. The van der Waals surface area contributed by atoms with Gasteiger partial charge in [0.25, 0.3) is 0 Å². The van der Waals surface area contributed by atoms with Crippen molar-refractivity contribution in [3.05, 3.63) is 63.0 Å². The van der Waals surface area contributed by atoms with Gasteiger partial charge >= 0.3 is 0 Å². The molecule has 0 saturated heterocycles. The molecule has 2 aromatic rings. The number of carbonyl (C=O) groups excluding carboxylic acids is 2. The number of carbonyl (C=O) groups is 2. The summed E-state index contributed by atoms with van der Waals surface area (Å²) >= 11 is 3.83. The lowest BCUT2D eigenvalue weighted by Gasteiger charge is -2.11. The fourth-order valence-electron chi connectivity index (χ4n) is 2.32. The molecule has 0 radical (unpaired) electrons. The van der Waals surface area contributed by atoms with Gasteiger partial charge in [-0.1, -0.05) is 12.1 Å². The van der Waals surface area contributed by atoms with E-state index in [-0.39, 0.29) is 24.1 Å². The number of hydrazine groups is 1. The summed E-state index contributed by atoms with van der Waals surface area (Å²) in [6.07, 6.45) is 3.26. The molecule has 0 unspecified atom stereocenters. The van der Waals surface area contributed by atoms with Crippen LogP contribution < -0.4 is 15.6 Å². The second kappa shape index (κ2) is 11.9. The topological polar surface area (TPSA) is 67.4 Å². The second-order valence-corrected chi connectivity index (χ2v) is 8.19. The van der Waals surface area contributed by atoms with Crippen molar-refractivity contribution in [2.45, 2.75) is 25.9 Å². The summed E-state index contributed by atoms with van der Waals surface area (Å²) in [5, 5.41) is 0. The smallest absolute Gasteiger partial charge is 0.242 e. The summed E-state index contributed by atoms with van der Waals surface area (Å²) in [4.78, 5) is 23.8. The monoisotopic (exact) mass is 516 g/mol. The van der Waals surface area contributed by atoms with Crippen molar-refractivity contribution in [3.8, 4) is 5.75 Å². The number of nitrogens with one attached hydrogen (secondary N) is 2. The van der Waals surface area contributed by atoms with Crippen LogP contribution in [0.15, 0.2) is 42.5 Å². The highest BCUT2D eigenvalue weighted by Crippen LogP contribution is 2.21. The lowest BCUT2D eigenvalue weighted by molar-refractivity contribution is -0.128. The van der Waals surface area contributed by atoms with Crippen molar-refractivity contribution in [1.29, 1.82) is 0 Å². The standard InChI is InChI=1S/C20H22FIN2O3S/c1-28-10-2-3-19(25)23-24-20(26)12-15-11-17(8-9-18(15)22)27-13-14-4-6-16(21)7-5-14/h4-9,11H,2-3,10,12-13H2,1H3,(H,23,25)(H,24,26). The van der Waals surface area contributed by atoms with Crippen molar-refractivity contribution in [2.75, 3.05) is 12.0 Å². The SMILES string of the molecule is CSCCCC(=O)NNC(=O)Cc1cc(OCc2ccc(F)cc2)ccc1I. The fourth-order valence-corrected chi connectivity index (χ4v) is 3.28. The van der Waals surface area contributed by atoms with E-state index in [0.29, 0.717) is 18.8 Å². The van der Waals surface area contributed by atoms with Gasteiger partial charge in [0.15, 0.2) is 0 Å². The van der Waals surface area contributed by atoms with E-state index in [9.17, 15) is 14.0 Å². The first-order chi connectivity index (χ1) is 13.5. The van der Waals surface area contributed by atoms with Gasteiger partial charge in [0.1, 0.15) is 18.2 Å². The van der Waals surface area contributed by atoms with Crippen LogP contribution in [-0.4, -0.2) is 23.8 Å². The maximum absolute atomic E-state index is 13.0. The summed E-state index contributed by atoms with van der Waals surface area (Å²) in [5.41, 5.74) is 6.53. The second-order valence-electron chi connectivity index (χ2n) is 6.04. The van der Waals surface area contributed by atoms with E-state index in [2.05, 4.69) is 33.4 Å². The maximum atomic E-state index is 13.0. The molecule has 0 heterocycles. The van der Waals surface area contributed by atoms with Crippen molar-refractivity contribution in [1.82, 2.24) is 10.9 Å². The summed E-state index contributed by atoms with van der Waals surface area (Å²) in [6.45, 7) is 0.304. The van der Waals surface area contributed by atoms with E-state index in [1.54, 1.807) is 30.0 Å². The Bertz CT molecular complexity index is 803. The molecule has 2 amide bonds. The number of thioether (sulfide) groups is 1. The van der Waals surface area contributed by atoms with Crippen molar-refractivity contribution >= 4 is 46.2 Å². The number of ether oxygens (including phenoxy) is 1. The first kappa shape index (κ1) is 22.5. The Morgan fingerprint density at radius 1 is 1.11 bits per heavy atom. The Kier molecular flexibility index (Phi) is 9.56. The zero-order valence-corrected chi connectivity index (χ0v) is 18.4. The van der Waals surface area contributed by atoms with Gasteiger partial charge in [-0.25, -0.2) is 4.39 Å². The van der Waals surface area contributed by atoms with Crippen LogP contribution in [0.4, 0.5) is 4.39 Å². The highest BCUT2D eigenvalue weighted by atomic mass is 127. The molecule has 0 fully saturated rings. The largest absolute Gasteiger partial charge is 0.489 e. The lowest BCUT2D eigenvalue weighted by Crippen LogP contribution is -2.42. The van der Waals surface area contributed by atoms with Crippen LogP contribution in [0.1, 0.15) is 24.0 Å². The highest BCUT2D eigenvalue weighted by molar-refractivity contribution is 14.1. The summed E-state index contributed by atoms with van der Waals surface area (Å²) in [7, 11) is 0. The van der Waals surface area contributed by atoms with Crippen LogP contribution in [0.3, 0.4) is 0 Å². The Labute approximate surface area is 181 Å². The normalized spacial score (nSPS) is 10.4. The van der Waals surface area contributed by atoms with Gasteiger partial charge in [-0.3, -0.25) is 20.4 Å². The number of hydrogen-bond acceptors (Lipinski definition) is 4. The van der Waals surface area contributed by atoms with Gasteiger partial charge in [0, 0.05) is 9.99 Å². The van der Waals surface area contributed by atoms with Gasteiger partial charge in [-0.2, -0.15) is 11.8 Å². The minimum Gasteiger partial charge on any atom is -0.489 e. The third-order valence-electron chi connectivity index (χ3n) is 3.78. The van der Waals surface area contributed by atoms with Crippen molar-refractivity contribution in [2.24, 2.45) is 0 Å². The van der Waals surface area contributed by atoms with Crippen LogP contribution in [0.5, 0.6) is 5.75 Å². The molecule has 0 bridgehead atoms. The molecular weight excluding hydrogens is 494 g/mol. The highest BCUT2D eigenvalue weighted by Gasteiger charge is 2.10. The zero-order valence-electron chi connectivity index (χ0n) is 15.5. The molecule has 8 heteroatoms. The molecule has 0 saturated carbocycles. The molecule has 0 aliphatic rings. The predicted molar refractivity (Wildman–Crippen MR) is 117 cm³/mol. The molecular formula is C20H22FIN2O3S. The third-order valence-corrected chi connectivity index (χ3v) is 5.53. The number of benzene rings is 2. The molecule has 2 N–H and O–H groups in total. The molecule has 0 aliphatic heterocycles. The Morgan fingerprint density at radius 3 is 2.54 bits per heavy atom. The minimum atomic E-state index is -0.299. The average molecular weight is 516 g/mol. The van der Waals surface area contributed by atoms with E-state index >= 15 is 0 Å². The maximum Gasteiger partial charge on any atom is 0.242 e. The molecule has 28 heavy (non-hydrogen) atoms. The van der Waals surface area contributed by atoms with Gasteiger partial charge < -0.3 is 4.74 Å². The molecule has 0 spiro atoms. The molecule has 0 aromatic heterocycles. The third kappa shape index (κ3) is 8.05. The molecule has 2 aromatic carbocycles. The van der Waals surface area contributed by atoms with Gasteiger partial charge in [0.2, 0.25) is 11.8 Å². The van der Waals surface area contributed by atoms with Crippen LogP contribution in [0.2, 0.25) is 0 Å². The summed E-state index contributed by atoms with van der Waals surface area (Å²) in [5.74, 6) is 0.737. The number of halogens is 2. The molecule has 2 rings (SSSR count). The molecule has 0 aliphatic carbocycles. The Morgan fingerprint density at radius 2 is 1.82 bits per heavy atom. The van der Waals surface area contributed by atoms with Crippen molar-refractivity contribution < 1.29 is 18.7 Å². The van der Waals surface area contributed by atoms with E-state index in [4.69, 9.17) is 4.74 Å². The van der Waals surface area contributed by atoms with Crippen LogP contribution >= 0.6 is 34.4 Å². The van der Waals surface area contributed by atoms with Crippen LogP contribution in [0.25, 0.3) is 0 Å². The molecule has 5 nitrogen and oxygen atoms in total. The van der Waals surface area contributed by atoms with Gasteiger partial charge in [-0.05, 0) is 82.5 Å². The first-order valence-corrected chi connectivity index (χ1v) is 11.2. The Hall–Kier alpha value is -1.81. The zero-order chi connectivity index (χ0) is 20.4. The summed E-state index contributed by atoms with van der Waals surface area (Å²) < 4.78 is 19.6. The van der Waals surface area contributed by atoms with Crippen LogP contribution in [0, 0.1) is 9.39 Å². The number of rotatable bonds is 9. The number of amides is 2. The van der Waals surface area contributed by atoms with Gasteiger partial charge in [0.05, 0.1) is 6.42 Å². The van der Waals surface area contributed by atoms with Gasteiger partial charge in [-0.15, -0.1) is 0 Å². The molecule has 150 valence electrons. The fraction of sp³-hybridized carbons (Fsp3) is 0.300. The first-order valence-electron chi connectivity index (χ1n) is 8.70. The van der Waals surface area contributed by atoms with E-state index in [0.717, 1.165) is 26.9 Å². The average Bonchev–Trinajstić information content (AvgIpc) is 2.68. The Balaban J connectivity index is 1.85.